The van der Waals surface area contributed by atoms with Gasteiger partial charge in [0.1, 0.15) is 22.9 Å². The van der Waals surface area contributed by atoms with Crippen LogP contribution in [0.1, 0.15) is 35.6 Å². The maximum Gasteiger partial charge on any atom is 0.432 e. The Morgan fingerprint density at radius 1 is 0.600 bits per heavy atom. The first-order valence-corrected chi connectivity index (χ1v) is 12.2. The molecule has 0 amide bonds. The van der Waals surface area contributed by atoms with Crippen LogP contribution in [0.25, 0.3) is 11.1 Å². The Bertz CT molecular complexity index is 1490. The van der Waals surface area contributed by atoms with E-state index in [0.717, 1.165) is 18.4 Å². The zero-order valence-corrected chi connectivity index (χ0v) is 20.9. The first-order valence-electron chi connectivity index (χ1n) is 12.2. The molecular weight excluding hydrogens is 547 g/mol. The highest BCUT2D eigenvalue weighted by molar-refractivity contribution is 5.65. The van der Waals surface area contributed by atoms with Gasteiger partial charge in [0.25, 0.3) is 0 Å². The molecule has 40 heavy (non-hydrogen) atoms. The standard InChI is InChI=1S/C30H21F9O/c1-2-3-16-4-7-18(8-5-16)21-11-10-19(27(35)28(21)36)9-6-17-12-22(31)26(23(32)13-17)30(38,39)40-20-14-24(33)29(37)25(34)15-20/h4-5,7-8,10-15H,2-3,6,9H2,1H3. The first kappa shape index (κ1) is 29.0. The van der Waals surface area contributed by atoms with Crippen LogP contribution in [0, 0.1) is 40.7 Å². The Labute approximate surface area is 223 Å². The summed E-state index contributed by atoms with van der Waals surface area (Å²) in [6.45, 7) is 2.02. The van der Waals surface area contributed by atoms with Crippen molar-refractivity contribution in [1.82, 2.24) is 0 Å². The molecule has 0 aliphatic heterocycles. The average Bonchev–Trinajstić information content (AvgIpc) is 2.88. The van der Waals surface area contributed by atoms with Gasteiger partial charge in [0.2, 0.25) is 0 Å². The van der Waals surface area contributed by atoms with Gasteiger partial charge in [-0.3, -0.25) is 0 Å². The van der Waals surface area contributed by atoms with Gasteiger partial charge >= 0.3 is 6.11 Å². The first-order chi connectivity index (χ1) is 18.9. The molecule has 210 valence electrons. The molecule has 0 aliphatic carbocycles. The second-order valence-electron chi connectivity index (χ2n) is 9.10. The third-order valence-corrected chi connectivity index (χ3v) is 6.25. The molecule has 0 radical (unpaired) electrons. The fourth-order valence-corrected chi connectivity index (χ4v) is 4.26. The molecule has 1 nitrogen and oxygen atoms in total. The molecule has 0 bridgehead atoms. The van der Waals surface area contributed by atoms with Crippen LogP contribution in [-0.4, -0.2) is 0 Å². The maximum absolute atomic E-state index is 14.8. The molecule has 0 fully saturated rings. The minimum Gasteiger partial charge on any atom is -0.429 e. The molecule has 0 saturated carbocycles. The van der Waals surface area contributed by atoms with Crippen molar-refractivity contribution >= 4 is 0 Å². The summed E-state index contributed by atoms with van der Waals surface area (Å²) in [4.78, 5) is 0. The lowest BCUT2D eigenvalue weighted by Crippen LogP contribution is -2.25. The highest BCUT2D eigenvalue weighted by atomic mass is 19.3. The number of aryl methyl sites for hydroxylation is 3. The van der Waals surface area contributed by atoms with Crippen molar-refractivity contribution in [2.45, 2.75) is 38.7 Å². The van der Waals surface area contributed by atoms with E-state index in [-0.39, 0.29) is 41.7 Å². The van der Waals surface area contributed by atoms with E-state index < -0.39 is 58.1 Å². The molecule has 10 heteroatoms. The number of hydrogen-bond acceptors (Lipinski definition) is 1. The third kappa shape index (κ3) is 6.11. The number of alkyl halides is 2. The summed E-state index contributed by atoms with van der Waals surface area (Å²) in [6.07, 6.45) is -3.41. The van der Waals surface area contributed by atoms with Crippen LogP contribution in [0.5, 0.6) is 5.75 Å². The Morgan fingerprint density at radius 3 is 1.77 bits per heavy atom. The fourth-order valence-electron chi connectivity index (χ4n) is 4.26. The molecule has 0 aromatic heterocycles. The summed E-state index contributed by atoms with van der Waals surface area (Å²) in [6, 6.07) is 11.0. The lowest BCUT2D eigenvalue weighted by atomic mass is 9.97. The van der Waals surface area contributed by atoms with Gasteiger partial charge in [0.05, 0.1) is 0 Å². The molecule has 0 aliphatic rings. The van der Waals surface area contributed by atoms with E-state index in [1.54, 1.807) is 12.1 Å². The molecule has 4 rings (SSSR count). The molecule has 0 spiro atoms. The molecule has 0 unspecified atom stereocenters. The second-order valence-corrected chi connectivity index (χ2v) is 9.10. The van der Waals surface area contributed by atoms with E-state index in [4.69, 9.17) is 0 Å². The Hall–Kier alpha value is -3.95. The SMILES string of the molecule is CCCc1ccc(-c2ccc(CCc3cc(F)c(C(F)(F)Oc4cc(F)c(F)c(F)c4)c(F)c3)c(F)c2F)cc1. The van der Waals surface area contributed by atoms with E-state index in [2.05, 4.69) is 4.74 Å². The Kier molecular flexibility index (Phi) is 8.46. The summed E-state index contributed by atoms with van der Waals surface area (Å²) < 4.78 is 132. The van der Waals surface area contributed by atoms with E-state index in [1.807, 2.05) is 19.1 Å². The van der Waals surface area contributed by atoms with Crippen LogP contribution in [0.3, 0.4) is 0 Å². The number of rotatable bonds is 9. The molecule has 0 saturated heterocycles. The monoisotopic (exact) mass is 568 g/mol. The molecule has 0 atom stereocenters. The van der Waals surface area contributed by atoms with Crippen LogP contribution in [0.2, 0.25) is 0 Å². The van der Waals surface area contributed by atoms with Crippen molar-refractivity contribution in [2.75, 3.05) is 0 Å². The second kappa shape index (κ2) is 11.7. The van der Waals surface area contributed by atoms with Crippen LogP contribution in [-0.2, 0) is 25.4 Å². The molecular formula is C30H21F9O. The minimum absolute atomic E-state index is 0.0360. The van der Waals surface area contributed by atoms with Crippen molar-refractivity contribution in [3.63, 3.8) is 0 Å². The third-order valence-electron chi connectivity index (χ3n) is 6.25. The number of hydrogen-bond donors (Lipinski definition) is 0. The number of benzene rings is 4. The Balaban J connectivity index is 1.51. The lowest BCUT2D eigenvalue weighted by Gasteiger charge is -2.20. The van der Waals surface area contributed by atoms with Crippen LogP contribution in [0.4, 0.5) is 39.5 Å². The van der Waals surface area contributed by atoms with Crippen molar-refractivity contribution < 1.29 is 44.3 Å². The van der Waals surface area contributed by atoms with Crippen molar-refractivity contribution in [2.24, 2.45) is 0 Å². The summed E-state index contributed by atoms with van der Waals surface area (Å²) in [5, 5.41) is 0. The topological polar surface area (TPSA) is 9.23 Å². The van der Waals surface area contributed by atoms with E-state index >= 15 is 0 Å². The summed E-state index contributed by atoms with van der Waals surface area (Å²) in [5.41, 5.74) is -0.540. The van der Waals surface area contributed by atoms with Gasteiger partial charge in [-0.25, -0.2) is 30.7 Å². The smallest absolute Gasteiger partial charge is 0.429 e. The van der Waals surface area contributed by atoms with E-state index in [1.165, 1.54) is 12.1 Å². The lowest BCUT2D eigenvalue weighted by molar-refractivity contribution is -0.189. The van der Waals surface area contributed by atoms with E-state index in [0.29, 0.717) is 17.7 Å². The van der Waals surface area contributed by atoms with Gasteiger partial charge < -0.3 is 4.74 Å². The molecule has 0 heterocycles. The average molecular weight is 568 g/mol. The van der Waals surface area contributed by atoms with E-state index in [9.17, 15) is 39.5 Å². The zero-order valence-electron chi connectivity index (χ0n) is 20.9. The fraction of sp³-hybridized carbons (Fsp3) is 0.200. The normalized spacial score (nSPS) is 11.7. The van der Waals surface area contributed by atoms with Gasteiger partial charge in [-0.05, 0) is 53.6 Å². The summed E-state index contributed by atoms with van der Waals surface area (Å²) in [7, 11) is 0. The largest absolute Gasteiger partial charge is 0.432 e. The molecule has 4 aromatic carbocycles. The number of ether oxygens (including phenoxy) is 1. The minimum atomic E-state index is -4.73. The van der Waals surface area contributed by atoms with Gasteiger partial charge in [0.15, 0.2) is 29.1 Å². The number of halogens is 9. The maximum atomic E-state index is 14.8. The predicted molar refractivity (Wildman–Crippen MR) is 130 cm³/mol. The highest BCUT2D eigenvalue weighted by Gasteiger charge is 2.41. The molecule has 4 aromatic rings. The van der Waals surface area contributed by atoms with Gasteiger partial charge in [-0.15, -0.1) is 0 Å². The predicted octanol–water partition coefficient (Wildman–Crippen LogP) is 9.19. The van der Waals surface area contributed by atoms with Gasteiger partial charge in [-0.1, -0.05) is 49.7 Å². The van der Waals surface area contributed by atoms with Crippen LogP contribution in [0.15, 0.2) is 60.7 Å². The zero-order chi connectivity index (χ0) is 29.2. The highest BCUT2D eigenvalue weighted by Crippen LogP contribution is 2.36. The van der Waals surface area contributed by atoms with Crippen LogP contribution >= 0.6 is 0 Å². The summed E-state index contributed by atoms with van der Waals surface area (Å²) >= 11 is 0. The van der Waals surface area contributed by atoms with Crippen molar-refractivity contribution in [3.8, 4) is 16.9 Å². The van der Waals surface area contributed by atoms with Gasteiger partial charge in [0, 0.05) is 17.7 Å². The van der Waals surface area contributed by atoms with Crippen LogP contribution < -0.4 is 4.74 Å². The van der Waals surface area contributed by atoms with Crippen molar-refractivity contribution in [3.05, 3.63) is 124 Å². The Morgan fingerprint density at radius 2 is 1.20 bits per heavy atom. The quantitative estimate of drug-likeness (QED) is 0.145. The molecule has 0 N–H and O–H groups in total. The summed E-state index contributed by atoms with van der Waals surface area (Å²) in [5.74, 6) is -12.6. The van der Waals surface area contributed by atoms with Crippen molar-refractivity contribution in [1.29, 1.82) is 0 Å². The van der Waals surface area contributed by atoms with Gasteiger partial charge in [-0.2, -0.15) is 8.78 Å².